The SMILES string of the molecule is CC[C@H](N[C@@H](C)c1ccco1)[C@H]1CCCO1. The second kappa shape index (κ2) is 5.51. The van der Waals surface area contributed by atoms with Gasteiger partial charge >= 0.3 is 0 Å². The third kappa shape index (κ3) is 2.66. The van der Waals surface area contributed by atoms with Gasteiger partial charge in [0.15, 0.2) is 0 Å². The van der Waals surface area contributed by atoms with Crippen molar-refractivity contribution in [2.75, 3.05) is 6.61 Å². The summed E-state index contributed by atoms with van der Waals surface area (Å²) in [4.78, 5) is 0. The minimum absolute atomic E-state index is 0.254. The molecule has 0 saturated carbocycles. The smallest absolute Gasteiger partial charge is 0.120 e. The van der Waals surface area contributed by atoms with Crippen molar-refractivity contribution in [1.82, 2.24) is 5.32 Å². The summed E-state index contributed by atoms with van der Waals surface area (Å²) in [6.07, 6.45) is 5.56. The predicted octanol–water partition coefficient (Wildman–Crippen LogP) is 2.89. The van der Waals surface area contributed by atoms with Crippen LogP contribution in [0.1, 0.15) is 44.9 Å². The molecule has 16 heavy (non-hydrogen) atoms. The fourth-order valence-corrected chi connectivity index (χ4v) is 2.35. The lowest BCUT2D eigenvalue weighted by molar-refractivity contribution is 0.0725. The molecule has 1 aliphatic heterocycles. The third-order valence-corrected chi connectivity index (χ3v) is 3.29. The van der Waals surface area contributed by atoms with Crippen LogP contribution in [0.15, 0.2) is 22.8 Å². The molecule has 0 radical (unpaired) electrons. The van der Waals surface area contributed by atoms with Crippen molar-refractivity contribution < 1.29 is 9.15 Å². The Hall–Kier alpha value is -0.800. The zero-order chi connectivity index (χ0) is 11.4. The van der Waals surface area contributed by atoms with Crippen molar-refractivity contribution in [2.24, 2.45) is 0 Å². The van der Waals surface area contributed by atoms with Crippen LogP contribution in [-0.4, -0.2) is 18.8 Å². The minimum Gasteiger partial charge on any atom is -0.468 e. The second-order valence-electron chi connectivity index (χ2n) is 4.47. The average Bonchev–Trinajstić information content (AvgIpc) is 2.96. The minimum atomic E-state index is 0.254. The van der Waals surface area contributed by atoms with Crippen molar-refractivity contribution in [3.05, 3.63) is 24.2 Å². The van der Waals surface area contributed by atoms with E-state index >= 15 is 0 Å². The van der Waals surface area contributed by atoms with Crippen molar-refractivity contribution >= 4 is 0 Å². The first-order valence-corrected chi connectivity index (χ1v) is 6.22. The summed E-state index contributed by atoms with van der Waals surface area (Å²) in [5.41, 5.74) is 0. The molecule has 0 spiro atoms. The van der Waals surface area contributed by atoms with Crippen LogP contribution in [-0.2, 0) is 4.74 Å². The van der Waals surface area contributed by atoms with Gasteiger partial charge in [0.25, 0.3) is 0 Å². The molecule has 1 aromatic heterocycles. The van der Waals surface area contributed by atoms with Gasteiger partial charge < -0.3 is 14.5 Å². The summed E-state index contributed by atoms with van der Waals surface area (Å²) >= 11 is 0. The fraction of sp³-hybridized carbons (Fsp3) is 0.692. The van der Waals surface area contributed by atoms with Crippen LogP contribution in [0.3, 0.4) is 0 Å². The molecule has 2 rings (SSSR count). The van der Waals surface area contributed by atoms with E-state index in [1.54, 1.807) is 6.26 Å². The fourth-order valence-electron chi connectivity index (χ4n) is 2.35. The van der Waals surface area contributed by atoms with Gasteiger partial charge in [-0.3, -0.25) is 0 Å². The van der Waals surface area contributed by atoms with Gasteiger partial charge in [0.1, 0.15) is 5.76 Å². The molecule has 0 unspecified atom stereocenters. The Morgan fingerprint density at radius 1 is 1.56 bits per heavy atom. The summed E-state index contributed by atoms with van der Waals surface area (Å²) in [5, 5.41) is 3.59. The molecule has 3 heteroatoms. The first-order chi connectivity index (χ1) is 7.81. The van der Waals surface area contributed by atoms with Crippen LogP contribution in [0.4, 0.5) is 0 Å². The molecule has 1 aliphatic rings. The quantitative estimate of drug-likeness (QED) is 0.833. The summed E-state index contributed by atoms with van der Waals surface area (Å²) in [5.74, 6) is 0.997. The van der Waals surface area contributed by atoms with E-state index in [2.05, 4.69) is 19.2 Å². The van der Waals surface area contributed by atoms with Crippen LogP contribution < -0.4 is 5.32 Å². The van der Waals surface area contributed by atoms with Crippen molar-refractivity contribution in [1.29, 1.82) is 0 Å². The second-order valence-corrected chi connectivity index (χ2v) is 4.47. The molecule has 2 heterocycles. The van der Waals surface area contributed by atoms with E-state index in [4.69, 9.17) is 9.15 Å². The van der Waals surface area contributed by atoms with Gasteiger partial charge in [0.2, 0.25) is 0 Å². The Kier molecular flexibility index (Phi) is 4.02. The maximum atomic E-state index is 5.73. The lowest BCUT2D eigenvalue weighted by atomic mass is 10.0. The van der Waals surface area contributed by atoms with Crippen molar-refractivity contribution in [3.63, 3.8) is 0 Å². The zero-order valence-electron chi connectivity index (χ0n) is 10.1. The monoisotopic (exact) mass is 223 g/mol. The van der Waals surface area contributed by atoms with Crippen LogP contribution in [0.5, 0.6) is 0 Å². The Bertz CT molecular complexity index is 291. The highest BCUT2D eigenvalue weighted by atomic mass is 16.5. The van der Waals surface area contributed by atoms with E-state index in [0.29, 0.717) is 12.1 Å². The van der Waals surface area contributed by atoms with E-state index < -0.39 is 0 Å². The zero-order valence-corrected chi connectivity index (χ0v) is 10.1. The summed E-state index contributed by atoms with van der Waals surface area (Å²) in [6, 6.07) is 4.63. The molecule has 90 valence electrons. The summed E-state index contributed by atoms with van der Waals surface area (Å²) in [7, 11) is 0. The molecule has 1 N–H and O–H groups in total. The first kappa shape index (κ1) is 11.7. The molecule has 0 bridgehead atoms. The van der Waals surface area contributed by atoms with E-state index in [0.717, 1.165) is 18.8 Å². The van der Waals surface area contributed by atoms with Gasteiger partial charge in [-0.25, -0.2) is 0 Å². The van der Waals surface area contributed by atoms with Gasteiger partial charge in [-0.15, -0.1) is 0 Å². The Morgan fingerprint density at radius 2 is 2.44 bits per heavy atom. The number of furan rings is 1. The van der Waals surface area contributed by atoms with Crippen molar-refractivity contribution in [3.8, 4) is 0 Å². The molecule has 1 fully saturated rings. The standard InChI is InChI=1S/C13H21NO2/c1-3-11(13-7-5-9-16-13)14-10(2)12-6-4-8-15-12/h4,6,8,10-11,13-14H,3,5,7,9H2,1-2H3/t10-,11-,13+/m0/s1. The van der Waals surface area contributed by atoms with Gasteiger partial charge in [-0.1, -0.05) is 6.92 Å². The molecule has 1 aromatic rings. The molecule has 0 aliphatic carbocycles. The Balaban J connectivity index is 1.90. The molecule has 0 amide bonds. The number of ether oxygens (including phenoxy) is 1. The maximum absolute atomic E-state index is 5.73. The van der Waals surface area contributed by atoms with Gasteiger partial charge in [0.05, 0.1) is 18.4 Å². The van der Waals surface area contributed by atoms with Gasteiger partial charge in [0, 0.05) is 12.6 Å². The Morgan fingerprint density at radius 3 is 3.00 bits per heavy atom. The molecular weight excluding hydrogens is 202 g/mol. The molecule has 3 nitrogen and oxygen atoms in total. The lowest BCUT2D eigenvalue weighted by Gasteiger charge is -2.25. The topological polar surface area (TPSA) is 34.4 Å². The molecule has 0 aromatic carbocycles. The number of rotatable bonds is 5. The molecular formula is C13H21NO2. The highest BCUT2D eigenvalue weighted by Gasteiger charge is 2.26. The van der Waals surface area contributed by atoms with Gasteiger partial charge in [-0.05, 0) is 38.3 Å². The van der Waals surface area contributed by atoms with Crippen LogP contribution in [0, 0.1) is 0 Å². The molecule has 3 atom stereocenters. The van der Waals surface area contributed by atoms with E-state index in [9.17, 15) is 0 Å². The van der Waals surface area contributed by atoms with E-state index in [-0.39, 0.29) is 6.04 Å². The number of hydrogen-bond acceptors (Lipinski definition) is 3. The van der Waals surface area contributed by atoms with E-state index in [1.165, 1.54) is 12.8 Å². The average molecular weight is 223 g/mol. The van der Waals surface area contributed by atoms with Crippen LogP contribution >= 0.6 is 0 Å². The normalized spacial score (nSPS) is 24.5. The maximum Gasteiger partial charge on any atom is 0.120 e. The lowest BCUT2D eigenvalue weighted by Crippen LogP contribution is -2.40. The highest BCUT2D eigenvalue weighted by Crippen LogP contribution is 2.21. The Labute approximate surface area is 97.2 Å². The van der Waals surface area contributed by atoms with E-state index in [1.807, 2.05) is 12.1 Å². The van der Waals surface area contributed by atoms with Gasteiger partial charge in [-0.2, -0.15) is 0 Å². The van der Waals surface area contributed by atoms with Crippen molar-refractivity contribution in [2.45, 2.75) is 51.3 Å². The number of nitrogens with one attached hydrogen (secondary N) is 1. The first-order valence-electron chi connectivity index (χ1n) is 6.22. The van der Waals surface area contributed by atoms with Crippen LogP contribution in [0.25, 0.3) is 0 Å². The predicted molar refractivity (Wildman–Crippen MR) is 63.3 cm³/mol. The summed E-state index contributed by atoms with van der Waals surface area (Å²) in [6.45, 7) is 5.25. The highest BCUT2D eigenvalue weighted by molar-refractivity contribution is 5.03. The van der Waals surface area contributed by atoms with Crippen LogP contribution in [0.2, 0.25) is 0 Å². The third-order valence-electron chi connectivity index (χ3n) is 3.29. The summed E-state index contributed by atoms with van der Waals surface area (Å²) < 4.78 is 11.1. The number of hydrogen-bond donors (Lipinski definition) is 1. The largest absolute Gasteiger partial charge is 0.468 e. The molecule has 1 saturated heterocycles.